The molecule has 1 N–H and O–H groups in total. The number of amides is 2. The molecule has 1 fully saturated rings. The molecule has 0 saturated carbocycles. The average molecular weight is 368 g/mol. The summed E-state index contributed by atoms with van der Waals surface area (Å²) in [6.45, 7) is 0.548. The monoisotopic (exact) mass is 368 g/mol. The highest BCUT2D eigenvalue weighted by molar-refractivity contribution is 5.95. The summed E-state index contributed by atoms with van der Waals surface area (Å²) in [5.74, 6) is 1.42. The van der Waals surface area contributed by atoms with Gasteiger partial charge >= 0.3 is 0 Å². The van der Waals surface area contributed by atoms with Gasteiger partial charge in [-0.1, -0.05) is 12.1 Å². The van der Waals surface area contributed by atoms with Crippen LogP contribution in [0.3, 0.4) is 0 Å². The summed E-state index contributed by atoms with van der Waals surface area (Å²) in [5, 5.41) is 3.01. The van der Waals surface area contributed by atoms with Crippen molar-refractivity contribution in [3.8, 4) is 22.6 Å². The molecule has 2 amide bonds. The molecule has 6 heteroatoms. The fourth-order valence-electron chi connectivity index (χ4n) is 3.19. The number of carbonyl (C=O) groups is 2. The molecule has 0 spiro atoms. The minimum Gasteiger partial charge on any atom is -0.497 e. The smallest absolute Gasteiger partial charge is 0.251 e. The minimum absolute atomic E-state index is 0.0116. The lowest BCUT2D eigenvalue weighted by molar-refractivity contribution is -0.132. The maximum absolute atomic E-state index is 12.5. The van der Waals surface area contributed by atoms with Crippen molar-refractivity contribution >= 4 is 11.8 Å². The number of ether oxygens (including phenoxy) is 2. The van der Waals surface area contributed by atoms with Gasteiger partial charge in [-0.05, 0) is 41.8 Å². The summed E-state index contributed by atoms with van der Waals surface area (Å²) in [6.07, 6.45) is 1.15. The predicted octanol–water partition coefficient (Wildman–Crippen LogP) is 2.72. The molecule has 1 atom stereocenters. The van der Waals surface area contributed by atoms with Crippen LogP contribution in [0.25, 0.3) is 11.1 Å². The SMILES string of the molecule is COc1cc(OC)cc(-c2ccc(C(=O)NC3CCC(=O)N(C)C3)cc2)c1. The number of likely N-dealkylation sites (tertiary alicyclic amines) is 1. The van der Waals surface area contributed by atoms with Gasteiger partial charge in [0.25, 0.3) is 5.91 Å². The molecular formula is C21H24N2O4. The van der Waals surface area contributed by atoms with E-state index in [1.807, 2.05) is 30.3 Å². The Morgan fingerprint density at radius 2 is 1.67 bits per heavy atom. The van der Waals surface area contributed by atoms with Crippen molar-refractivity contribution in [3.05, 3.63) is 48.0 Å². The lowest BCUT2D eigenvalue weighted by Gasteiger charge is -2.30. The van der Waals surface area contributed by atoms with E-state index in [0.29, 0.717) is 36.4 Å². The number of nitrogens with one attached hydrogen (secondary N) is 1. The molecule has 1 heterocycles. The molecule has 3 rings (SSSR count). The topological polar surface area (TPSA) is 67.9 Å². The standard InChI is InChI=1S/C21H24N2O4/c1-23-13-17(8-9-20(23)24)22-21(25)15-6-4-14(5-7-15)16-10-18(26-2)12-19(11-16)27-3/h4-7,10-12,17H,8-9,13H2,1-3H3,(H,22,25). The fraction of sp³-hybridized carbons (Fsp3) is 0.333. The Morgan fingerprint density at radius 1 is 1.04 bits per heavy atom. The Morgan fingerprint density at radius 3 is 2.22 bits per heavy atom. The van der Waals surface area contributed by atoms with Crippen molar-refractivity contribution in [1.82, 2.24) is 10.2 Å². The number of methoxy groups -OCH3 is 2. The maximum atomic E-state index is 12.5. The van der Waals surface area contributed by atoms with Gasteiger partial charge in [0.1, 0.15) is 11.5 Å². The van der Waals surface area contributed by atoms with Crippen LogP contribution in [-0.4, -0.2) is 50.6 Å². The van der Waals surface area contributed by atoms with Gasteiger partial charge in [0.2, 0.25) is 5.91 Å². The number of hydrogen-bond donors (Lipinski definition) is 1. The summed E-state index contributed by atoms with van der Waals surface area (Å²) in [7, 11) is 4.99. The quantitative estimate of drug-likeness (QED) is 0.881. The molecule has 0 aliphatic carbocycles. The lowest BCUT2D eigenvalue weighted by atomic mass is 10.0. The van der Waals surface area contributed by atoms with Crippen LogP contribution >= 0.6 is 0 Å². The summed E-state index contributed by atoms with van der Waals surface area (Å²) in [4.78, 5) is 25.7. The third kappa shape index (κ3) is 4.39. The maximum Gasteiger partial charge on any atom is 0.251 e. The van der Waals surface area contributed by atoms with Crippen LogP contribution in [0.15, 0.2) is 42.5 Å². The third-order valence-electron chi connectivity index (χ3n) is 4.79. The van der Waals surface area contributed by atoms with Crippen molar-refractivity contribution in [2.75, 3.05) is 27.8 Å². The molecule has 1 unspecified atom stereocenters. The van der Waals surface area contributed by atoms with Crippen molar-refractivity contribution in [2.45, 2.75) is 18.9 Å². The van der Waals surface area contributed by atoms with E-state index in [-0.39, 0.29) is 17.9 Å². The number of rotatable bonds is 5. The van der Waals surface area contributed by atoms with E-state index >= 15 is 0 Å². The van der Waals surface area contributed by atoms with Gasteiger partial charge in [0, 0.05) is 37.7 Å². The number of carbonyl (C=O) groups excluding carboxylic acids is 2. The van der Waals surface area contributed by atoms with E-state index in [0.717, 1.165) is 11.1 Å². The largest absolute Gasteiger partial charge is 0.497 e. The van der Waals surface area contributed by atoms with Crippen LogP contribution in [-0.2, 0) is 4.79 Å². The number of benzene rings is 2. The normalized spacial score (nSPS) is 16.8. The van der Waals surface area contributed by atoms with E-state index in [4.69, 9.17) is 9.47 Å². The number of piperidine rings is 1. The summed E-state index contributed by atoms with van der Waals surface area (Å²) in [6, 6.07) is 13.1. The molecule has 1 aliphatic rings. The number of likely N-dealkylation sites (N-methyl/N-ethyl adjacent to an activating group) is 1. The molecular weight excluding hydrogens is 344 g/mol. The zero-order valence-corrected chi connectivity index (χ0v) is 15.8. The predicted molar refractivity (Wildman–Crippen MR) is 103 cm³/mol. The van der Waals surface area contributed by atoms with Gasteiger partial charge in [-0.2, -0.15) is 0 Å². The Kier molecular flexibility index (Phi) is 5.64. The first-order chi connectivity index (χ1) is 13.0. The molecule has 1 aliphatic heterocycles. The minimum atomic E-state index is -0.127. The van der Waals surface area contributed by atoms with E-state index in [1.165, 1.54) is 0 Å². The second kappa shape index (κ2) is 8.12. The molecule has 0 radical (unpaired) electrons. The molecule has 0 aromatic heterocycles. The molecule has 27 heavy (non-hydrogen) atoms. The van der Waals surface area contributed by atoms with Gasteiger partial charge < -0.3 is 19.7 Å². The summed E-state index contributed by atoms with van der Waals surface area (Å²) in [5.41, 5.74) is 2.51. The Labute approximate surface area is 159 Å². The van der Waals surface area contributed by atoms with E-state index in [9.17, 15) is 9.59 Å². The van der Waals surface area contributed by atoms with Crippen molar-refractivity contribution in [2.24, 2.45) is 0 Å². The molecule has 2 aromatic rings. The second-order valence-corrected chi connectivity index (χ2v) is 6.66. The average Bonchev–Trinajstić information content (AvgIpc) is 2.70. The van der Waals surface area contributed by atoms with E-state index in [1.54, 1.807) is 38.3 Å². The van der Waals surface area contributed by atoms with Crippen LogP contribution in [0, 0.1) is 0 Å². The molecule has 142 valence electrons. The van der Waals surface area contributed by atoms with E-state index < -0.39 is 0 Å². The van der Waals surface area contributed by atoms with Gasteiger partial charge in [-0.25, -0.2) is 0 Å². The molecule has 1 saturated heterocycles. The molecule has 2 aromatic carbocycles. The van der Waals surface area contributed by atoms with Crippen LogP contribution in [0.2, 0.25) is 0 Å². The zero-order valence-electron chi connectivity index (χ0n) is 15.8. The zero-order chi connectivity index (χ0) is 19.4. The lowest BCUT2D eigenvalue weighted by Crippen LogP contribution is -2.48. The van der Waals surface area contributed by atoms with Gasteiger partial charge in [0.15, 0.2) is 0 Å². The van der Waals surface area contributed by atoms with E-state index in [2.05, 4.69) is 5.32 Å². The first kappa shape index (κ1) is 18.8. The van der Waals surface area contributed by atoms with Gasteiger partial charge in [-0.15, -0.1) is 0 Å². The van der Waals surface area contributed by atoms with Crippen molar-refractivity contribution < 1.29 is 19.1 Å². The highest BCUT2D eigenvalue weighted by Gasteiger charge is 2.24. The van der Waals surface area contributed by atoms with Gasteiger partial charge in [-0.3, -0.25) is 9.59 Å². The third-order valence-corrected chi connectivity index (χ3v) is 4.79. The summed E-state index contributed by atoms with van der Waals surface area (Å²) >= 11 is 0. The Hall–Kier alpha value is -3.02. The molecule has 6 nitrogen and oxygen atoms in total. The number of hydrogen-bond acceptors (Lipinski definition) is 4. The highest BCUT2D eigenvalue weighted by atomic mass is 16.5. The summed E-state index contributed by atoms with van der Waals surface area (Å²) < 4.78 is 10.6. The van der Waals surface area contributed by atoms with Crippen molar-refractivity contribution in [3.63, 3.8) is 0 Å². The van der Waals surface area contributed by atoms with Crippen LogP contribution in [0.5, 0.6) is 11.5 Å². The molecule has 0 bridgehead atoms. The number of nitrogens with zero attached hydrogens (tertiary/aromatic N) is 1. The second-order valence-electron chi connectivity index (χ2n) is 6.66. The highest BCUT2D eigenvalue weighted by Crippen LogP contribution is 2.29. The first-order valence-corrected chi connectivity index (χ1v) is 8.88. The first-order valence-electron chi connectivity index (χ1n) is 8.88. The Bertz CT molecular complexity index is 810. The van der Waals surface area contributed by atoms with Gasteiger partial charge in [0.05, 0.1) is 14.2 Å². The Balaban J connectivity index is 1.72. The van der Waals surface area contributed by atoms with Crippen LogP contribution in [0.1, 0.15) is 23.2 Å². The van der Waals surface area contributed by atoms with Crippen LogP contribution in [0.4, 0.5) is 0 Å². The van der Waals surface area contributed by atoms with Crippen LogP contribution < -0.4 is 14.8 Å². The fourth-order valence-corrected chi connectivity index (χ4v) is 3.19. The van der Waals surface area contributed by atoms with Crippen molar-refractivity contribution in [1.29, 1.82) is 0 Å².